The molecular weight excluding hydrogens is 434 g/mol. The van der Waals surface area contributed by atoms with Gasteiger partial charge in [0.05, 0.1) is 15.6 Å². The second-order valence-corrected chi connectivity index (χ2v) is 11.3. The van der Waals surface area contributed by atoms with Gasteiger partial charge >= 0.3 is 0 Å². The highest BCUT2D eigenvalue weighted by Gasteiger charge is 2.29. The third-order valence-electron chi connectivity index (χ3n) is 5.45. The minimum absolute atomic E-state index is 0.127. The SMILES string of the molecule is CC(=O)Nc1ccc(S(=O)(=O)N2CCN(Cc3ccc(C(C)(C)C)cc3)CC2)cc1Cl. The molecule has 0 spiro atoms. The Kier molecular flexibility index (Phi) is 7.11. The Morgan fingerprint density at radius 1 is 1.03 bits per heavy atom. The first-order valence-electron chi connectivity index (χ1n) is 10.4. The lowest BCUT2D eigenvalue weighted by molar-refractivity contribution is -0.114. The molecule has 1 amide bonds. The summed E-state index contributed by atoms with van der Waals surface area (Å²) in [6.07, 6.45) is 0. The van der Waals surface area contributed by atoms with E-state index >= 15 is 0 Å². The maximum absolute atomic E-state index is 13.0. The summed E-state index contributed by atoms with van der Waals surface area (Å²) in [7, 11) is -3.64. The van der Waals surface area contributed by atoms with Crippen molar-refractivity contribution in [2.75, 3.05) is 31.5 Å². The Morgan fingerprint density at radius 2 is 1.65 bits per heavy atom. The molecule has 0 bridgehead atoms. The summed E-state index contributed by atoms with van der Waals surface area (Å²) in [5.74, 6) is -0.262. The Bertz CT molecular complexity index is 1040. The average molecular weight is 464 g/mol. The Balaban J connectivity index is 1.62. The van der Waals surface area contributed by atoms with Crippen LogP contribution in [0.25, 0.3) is 0 Å². The van der Waals surface area contributed by atoms with Crippen LogP contribution in [0.4, 0.5) is 5.69 Å². The first-order chi connectivity index (χ1) is 14.5. The molecule has 1 heterocycles. The normalized spacial score (nSPS) is 16.3. The molecule has 0 aliphatic carbocycles. The van der Waals surface area contributed by atoms with Crippen LogP contribution in [0.15, 0.2) is 47.4 Å². The number of carbonyl (C=O) groups is 1. The number of hydrogen-bond acceptors (Lipinski definition) is 4. The molecule has 1 fully saturated rings. The zero-order chi connectivity index (χ0) is 22.8. The van der Waals surface area contributed by atoms with Crippen molar-refractivity contribution >= 4 is 33.2 Å². The van der Waals surface area contributed by atoms with Gasteiger partial charge in [-0.05, 0) is 34.7 Å². The van der Waals surface area contributed by atoms with Crippen LogP contribution in [0.1, 0.15) is 38.8 Å². The van der Waals surface area contributed by atoms with Gasteiger partial charge in [-0.25, -0.2) is 8.42 Å². The minimum Gasteiger partial charge on any atom is -0.325 e. The lowest BCUT2D eigenvalue weighted by Gasteiger charge is -2.34. The highest BCUT2D eigenvalue weighted by Crippen LogP contribution is 2.28. The van der Waals surface area contributed by atoms with E-state index in [0.717, 1.165) is 6.54 Å². The number of nitrogens with one attached hydrogen (secondary N) is 1. The molecule has 168 valence electrons. The lowest BCUT2D eigenvalue weighted by atomic mass is 9.87. The van der Waals surface area contributed by atoms with Gasteiger partial charge < -0.3 is 5.32 Å². The van der Waals surface area contributed by atoms with Crippen molar-refractivity contribution < 1.29 is 13.2 Å². The van der Waals surface area contributed by atoms with Crippen LogP contribution in [-0.2, 0) is 26.8 Å². The monoisotopic (exact) mass is 463 g/mol. The van der Waals surface area contributed by atoms with E-state index in [1.807, 2.05) is 0 Å². The number of sulfonamides is 1. The molecule has 0 atom stereocenters. The van der Waals surface area contributed by atoms with E-state index in [-0.39, 0.29) is 21.2 Å². The van der Waals surface area contributed by atoms with Crippen LogP contribution in [0.2, 0.25) is 5.02 Å². The Morgan fingerprint density at radius 3 is 2.16 bits per heavy atom. The molecule has 2 aromatic rings. The molecule has 3 rings (SSSR count). The van der Waals surface area contributed by atoms with E-state index in [9.17, 15) is 13.2 Å². The molecule has 1 aliphatic heterocycles. The summed E-state index contributed by atoms with van der Waals surface area (Å²) in [6.45, 7) is 10.9. The fraction of sp³-hybridized carbons (Fsp3) is 0.435. The molecule has 1 saturated heterocycles. The minimum atomic E-state index is -3.64. The summed E-state index contributed by atoms with van der Waals surface area (Å²) >= 11 is 6.17. The molecule has 0 saturated carbocycles. The van der Waals surface area contributed by atoms with Crippen molar-refractivity contribution in [3.63, 3.8) is 0 Å². The quantitative estimate of drug-likeness (QED) is 0.724. The Hall–Kier alpha value is -1.93. The maximum Gasteiger partial charge on any atom is 0.243 e. The number of hydrogen-bond donors (Lipinski definition) is 1. The van der Waals surface area contributed by atoms with Crippen molar-refractivity contribution in [1.29, 1.82) is 0 Å². The number of halogens is 1. The van der Waals surface area contributed by atoms with Crippen LogP contribution in [0.3, 0.4) is 0 Å². The van der Waals surface area contributed by atoms with Crippen LogP contribution >= 0.6 is 11.6 Å². The zero-order valence-electron chi connectivity index (χ0n) is 18.5. The van der Waals surface area contributed by atoms with Crippen molar-refractivity contribution in [2.24, 2.45) is 0 Å². The summed E-state index contributed by atoms with van der Waals surface area (Å²) < 4.78 is 27.6. The number of amides is 1. The predicted octanol–water partition coefficient (Wildman–Crippen LogP) is 4.10. The molecular formula is C23H30ClN3O3S. The highest BCUT2D eigenvalue weighted by atomic mass is 35.5. The summed E-state index contributed by atoms with van der Waals surface area (Å²) in [5.41, 5.74) is 3.05. The van der Waals surface area contributed by atoms with E-state index in [0.29, 0.717) is 31.9 Å². The molecule has 2 aromatic carbocycles. The smallest absolute Gasteiger partial charge is 0.243 e. The summed E-state index contributed by atoms with van der Waals surface area (Å²) in [4.78, 5) is 13.6. The maximum atomic E-state index is 13.0. The average Bonchev–Trinajstić information content (AvgIpc) is 2.69. The number of benzene rings is 2. The second kappa shape index (κ2) is 9.28. The standard InChI is InChI=1S/C23H30ClN3O3S/c1-17(28)25-22-10-9-20(15-21(22)24)31(29,30)27-13-11-26(12-14-27)16-18-5-7-19(8-6-18)23(2,3)4/h5-10,15H,11-14,16H2,1-4H3,(H,25,28). The molecule has 0 radical (unpaired) electrons. The van der Waals surface area contributed by atoms with Crippen molar-refractivity contribution in [3.8, 4) is 0 Å². The van der Waals surface area contributed by atoms with E-state index in [1.54, 1.807) is 0 Å². The van der Waals surface area contributed by atoms with E-state index < -0.39 is 10.0 Å². The first-order valence-corrected chi connectivity index (χ1v) is 12.2. The number of rotatable bonds is 5. The number of nitrogens with zero attached hydrogens (tertiary/aromatic N) is 2. The molecule has 1 N–H and O–H groups in total. The lowest BCUT2D eigenvalue weighted by Crippen LogP contribution is -2.48. The number of carbonyl (C=O) groups excluding carboxylic acids is 1. The van der Waals surface area contributed by atoms with Gasteiger partial charge in [0.2, 0.25) is 15.9 Å². The molecule has 31 heavy (non-hydrogen) atoms. The molecule has 6 nitrogen and oxygen atoms in total. The fourth-order valence-electron chi connectivity index (χ4n) is 3.59. The largest absolute Gasteiger partial charge is 0.325 e. The van der Waals surface area contributed by atoms with Gasteiger partial charge in [-0.3, -0.25) is 9.69 Å². The summed E-state index contributed by atoms with van der Waals surface area (Å²) in [5, 5.41) is 2.79. The molecule has 0 unspecified atom stereocenters. The van der Waals surface area contributed by atoms with Gasteiger partial charge in [-0.1, -0.05) is 56.6 Å². The fourth-order valence-corrected chi connectivity index (χ4v) is 5.33. The second-order valence-electron chi connectivity index (χ2n) is 8.95. The zero-order valence-corrected chi connectivity index (χ0v) is 20.1. The number of anilines is 1. The summed E-state index contributed by atoms with van der Waals surface area (Å²) in [6, 6.07) is 13.1. The van der Waals surface area contributed by atoms with E-state index in [2.05, 4.69) is 55.3 Å². The molecule has 1 aliphatic rings. The third-order valence-corrected chi connectivity index (χ3v) is 7.65. The van der Waals surface area contributed by atoms with E-state index in [1.165, 1.54) is 40.6 Å². The van der Waals surface area contributed by atoms with Crippen molar-refractivity contribution in [1.82, 2.24) is 9.21 Å². The first kappa shape index (κ1) is 23.7. The predicted molar refractivity (Wildman–Crippen MR) is 125 cm³/mol. The van der Waals surface area contributed by atoms with Crippen LogP contribution in [-0.4, -0.2) is 49.7 Å². The highest BCUT2D eigenvalue weighted by molar-refractivity contribution is 7.89. The van der Waals surface area contributed by atoms with Crippen LogP contribution in [0.5, 0.6) is 0 Å². The molecule has 0 aromatic heterocycles. The van der Waals surface area contributed by atoms with Gasteiger partial charge in [-0.2, -0.15) is 4.31 Å². The van der Waals surface area contributed by atoms with Gasteiger partial charge in [0, 0.05) is 39.6 Å². The van der Waals surface area contributed by atoms with E-state index in [4.69, 9.17) is 11.6 Å². The van der Waals surface area contributed by atoms with Gasteiger partial charge in [0.1, 0.15) is 0 Å². The van der Waals surface area contributed by atoms with Crippen molar-refractivity contribution in [2.45, 2.75) is 44.6 Å². The van der Waals surface area contributed by atoms with Crippen LogP contribution in [0, 0.1) is 0 Å². The van der Waals surface area contributed by atoms with Gasteiger partial charge in [0.25, 0.3) is 0 Å². The molecule has 8 heteroatoms. The topological polar surface area (TPSA) is 69.7 Å². The van der Waals surface area contributed by atoms with Gasteiger partial charge in [0.15, 0.2) is 0 Å². The number of piperazine rings is 1. The van der Waals surface area contributed by atoms with Crippen LogP contribution < -0.4 is 5.32 Å². The van der Waals surface area contributed by atoms with Gasteiger partial charge in [-0.15, -0.1) is 0 Å². The Labute approximate surface area is 190 Å². The van der Waals surface area contributed by atoms with Crippen molar-refractivity contribution in [3.05, 3.63) is 58.6 Å². The third kappa shape index (κ3) is 5.86.